The number of carbonyl (C=O) groups is 1. The first-order chi connectivity index (χ1) is 9.20. The van der Waals surface area contributed by atoms with Crippen molar-refractivity contribution >= 4 is 23.2 Å². The second kappa shape index (κ2) is 6.20. The van der Waals surface area contributed by atoms with Crippen LogP contribution < -0.4 is 10.1 Å². The predicted octanol–water partition coefficient (Wildman–Crippen LogP) is 3.39. The normalized spacial score (nSPS) is 10.0. The highest BCUT2D eigenvalue weighted by Gasteiger charge is 2.10. The summed E-state index contributed by atoms with van der Waals surface area (Å²) in [4.78, 5) is 15.9. The number of nitrogens with one attached hydrogen (secondary N) is 1. The molecule has 1 amide bonds. The van der Waals surface area contributed by atoms with Gasteiger partial charge >= 0.3 is 0 Å². The van der Waals surface area contributed by atoms with Crippen molar-refractivity contribution in [1.82, 2.24) is 4.98 Å². The molecule has 2 aromatic rings. The third kappa shape index (κ3) is 3.45. The number of nitrogens with zero attached hydrogens (tertiary/aromatic N) is 1. The topological polar surface area (TPSA) is 51.2 Å². The Hall–Kier alpha value is -2.07. The molecule has 0 aliphatic rings. The van der Waals surface area contributed by atoms with Crippen molar-refractivity contribution in [1.29, 1.82) is 0 Å². The van der Waals surface area contributed by atoms with Gasteiger partial charge < -0.3 is 10.1 Å². The second-order valence-electron chi connectivity index (χ2n) is 3.75. The first kappa shape index (κ1) is 13.4. The van der Waals surface area contributed by atoms with Crippen LogP contribution in [-0.2, 0) is 0 Å². The Morgan fingerprint density at radius 3 is 2.89 bits per heavy atom. The maximum Gasteiger partial charge on any atom is 0.255 e. The van der Waals surface area contributed by atoms with E-state index in [1.807, 2.05) is 19.1 Å². The fraction of sp³-hybridized carbons (Fsp3) is 0.143. The van der Waals surface area contributed by atoms with E-state index in [1.165, 1.54) is 12.3 Å². The third-order valence-electron chi connectivity index (χ3n) is 2.42. The summed E-state index contributed by atoms with van der Waals surface area (Å²) in [5, 5.41) is 3.07. The van der Waals surface area contributed by atoms with Gasteiger partial charge in [-0.05, 0) is 31.2 Å². The van der Waals surface area contributed by atoms with E-state index in [-0.39, 0.29) is 11.1 Å². The number of para-hydroxylation sites is 2. The van der Waals surface area contributed by atoms with E-state index in [0.29, 0.717) is 23.6 Å². The summed E-state index contributed by atoms with van der Waals surface area (Å²) in [7, 11) is 0. The smallest absolute Gasteiger partial charge is 0.255 e. The fourth-order valence-electron chi connectivity index (χ4n) is 1.59. The summed E-state index contributed by atoms with van der Waals surface area (Å²) in [6.07, 6.45) is 1.49. The lowest BCUT2D eigenvalue weighted by atomic mass is 10.2. The van der Waals surface area contributed by atoms with Crippen LogP contribution in [0.4, 0.5) is 5.69 Å². The van der Waals surface area contributed by atoms with Crippen molar-refractivity contribution in [3.05, 3.63) is 53.3 Å². The molecule has 0 spiro atoms. The van der Waals surface area contributed by atoms with E-state index in [2.05, 4.69) is 10.3 Å². The van der Waals surface area contributed by atoms with Crippen molar-refractivity contribution in [2.45, 2.75) is 6.92 Å². The van der Waals surface area contributed by atoms with Gasteiger partial charge in [0.05, 0.1) is 12.3 Å². The van der Waals surface area contributed by atoms with Crippen molar-refractivity contribution in [2.75, 3.05) is 11.9 Å². The zero-order valence-corrected chi connectivity index (χ0v) is 11.1. The number of benzene rings is 1. The standard InChI is InChI=1S/C14H13ClN2O2/c1-2-19-12-6-4-3-5-11(12)17-14(18)10-7-8-16-13(15)9-10/h3-9H,2H2,1H3,(H,17,18). The molecule has 0 bridgehead atoms. The molecule has 0 aliphatic carbocycles. The molecule has 0 fully saturated rings. The van der Waals surface area contributed by atoms with E-state index >= 15 is 0 Å². The fourth-order valence-corrected chi connectivity index (χ4v) is 1.76. The molecule has 5 heteroatoms. The number of anilines is 1. The number of aromatic nitrogens is 1. The zero-order chi connectivity index (χ0) is 13.7. The summed E-state index contributed by atoms with van der Waals surface area (Å²) in [6.45, 7) is 2.43. The molecule has 4 nitrogen and oxygen atoms in total. The van der Waals surface area contributed by atoms with Gasteiger partial charge in [0.2, 0.25) is 0 Å². The Kier molecular flexibility index (Phi) is 4.36. The lowest BCUT2D eigenvalue weighted by molar-refractivity contribution is 0.102. The highest BCUT2D eigenvalue weighted by Crippen LogP contribution is 2.24. The summed E-state index contributed by atoms with van der Waals surface area (Å²) in [5.74, 6) is 0.384. The Bertz CT molecular complexity index is 587. The molecule has 2 rings (SSSR count). The van der Waals surface area contributed by atoms with E-state index in [9.17, 15) is 4.79 Å². The van der Waals surface area contributed by atoms with Crippen LogP contribution in [0.3, 0.4) is 0 Å². The van der Waals surface area contributed by atoms with Crippen LogP contribution >= 0.6 is 11.6 Å². The number of carbonyl (C=O) groups excluding carboxylic acids is 1. The predicted molar refractivity (Wildman–Crippen MR) is 74.8 cm³/mol. The molecular formula is C14H13ClN2O2. The van der Waals surface area contributed by atoms with Crippen LogP contribution in [0.2, 0.25) is 5.15 Å². The van der Waals surface area contributed by atoms with Gasteiger partial charge in [-0.15, -0.1) is 0 Å². The van der Waals surface area contributed by atoms with Crippen LogP contribution in [0.15, 0.2) is 42.6 Å². The molecule has 0 aliphatic heterocycles. The van der Waals surface area contributed by atoms with E-state index in [4.69, 9.17) is 16.3 Å². The average molecular weight is 277 g/mol. The molecular weight excluding hydrogens is 264 g/mol. The largest absolute Gasteiger partial charge is 0.492 e. The Balaban J connectivity index is 2.19. The van der Waals surface area contributed by atoms with Crippen LogP contribution in [0.25, 0.3) is 0 Å². The van der Waals surface area contributed by atoms with Crippen LogP contribution in [-0.4, -0.2) is 17.5 Å². The van der Waals surface area contributed by atoms with Crippen molar-refractivity contribution in [2.24, 2.45) is 0 Å². The van der Waals surface area contributed by atoms with Gasteiger partial charge in [-0.3, -0.25) is 4.79 Å². The number of hydrogen-bond donors (Lipinski definition) is 1. The van der Waals surface area contributed by atoms with E-state index < -0.39 is 0 Å². The van der Waals surface area contributed by atoms with Crippen LogP contribution in [0.5, 0.6) is 5.75 Å². The molecule has 1 N–H and O–H groups in total. The zero-order valence-electron chi connectivity index (χ0n) is 10.4. The Morgan fingerprint density at radius 1 is 1.37 bits per heavy atom. The van der Waals surface area contributed by atoms with Gasteiger partial charge in [0.15, 0.2) is 0 Å². The van der Waals surface area contributed by atoms with Gasteiger partial charge in [0, 0.05) is 11.8 Å². The lowest BCUT2D eigenvalue weighted by Gasteiger charge is -2.11. The second-order valence-corrected chi connectivity index (χ2v) is 4.14. The minimum absolute atomic E-state index is 0.253. The highest BCUT2D eigenvalue weighted by atomic mass is 35.5. The van der Waals surface area contributed by atoms with Crippen LogP contribution in [0, 0.1) is 0 Å². The lowest BCUT2D eigenvalue weighted by Crippen LogP contribution is -2.13. The molecule has 1 aromatic carbocycles. The molecule has 0 radical (unpaired) electrons. The molecule has 98 valence electrons. The maximum atomic E-state index is 12.1. The number of pyridine rings is 1. The van der Waals surface area contributed by atoms with Crippen molar-refractivity contribution in [3.63, 3.8) is 0 Å². The molecule has 1 heterocycles. The highest BCUT2D eigenvalue weighted by molar-refractivity contribution is 6.29. The number of halogens is 1. The number of rotatable bonds is 4. The first-order valence-corrected chi connectivity index (χ1v) is 6.23. The molecule has 0 saturated heterocycles. The van der Waals surface area contributed by atoms with Gasteiger partial charge in [-0.1, -0.05) is 23.7 Å². The molecule has 0 saturated carbocycles. The number of hydrogen-bond acceptors (Lipinski definition) is 3. The molecule has 1 aromatic heterocycles. The average Bonchev–Trinajstić information content (AvgIpc) is 2.41. The minimum Gasteiger partial charge on any atom is -0.492 e. The van der Waals surface area contributed by atoms with Crippen LogP contribution in [0.1, 0.15) is 17.3 Å². The monoisotopic (exact) mass is 276 g/mol. The molecule has 0 atom stereocenters. The number of amides is 1. The number of ether oxygens (including phenoxy) is 1. The third-order valence-corrected chi connectivity index (χ3v) is 2.63. The summed E-state index contributed by atoms with van der Waals surface area (Å²) in [6, 6.07) is 10.4. The molecule has 19 heavy (non-hydrogen) atoms. The molecule has 0 unspecified atom stereocenters. The van der Waals surface area contributed by atoms with Gasteiger partial charge in [0.25, 0.3) is 5.91 Å². The summed E-state index contributed by atoms with van der Waals surface area (Å²) < 4.78 is 5.44. The summed E-state index contributed by atoms with van der Waals surface area (Å²) >= 11 is 5.76. The van der Waals surface area contributed by atoms with Crippen molar-refractivity contribution in [3.8, 4) is 5.75 Å². The van der Waals surface area contributed by atoms with E-state index in [1.54, 1.807) is 18.2 Å². The summed E-state index contributed by atoms with van der Waals surface area (Å²) in [5.41, 5.74) is 1.08. The van der Waals surface area contributed by atoms with Gasteiger partial charge in [-0.2, -0.15) is 0 Å². The Labute approximate surface area is 116 Å². The minimum atomic E-state index is -0.253. The van der Waals surface area contributed by atoms with E-state index in [0.717, 1.165) is 0 Å². The first-order valence-electron chi connectivity index (χ1n) is 5.85. The maximum absolute atomic E-state index is 12.1. The van der Waals surface area contributed by atoms with Gasteiger partial charge in [-0.25, -0.2) is 4.98 Å². The SMILES string of the molecule is CCOc1ccccc1NC(=O)c1ccnc(Cl)c1. The Morgan fingerprint density at radius 2 is 2.16 bits per heavy atom. The van der Waals surface area contributed by atoms with Gasteiger partial charge in [0.1, 0.15) is 10.9 Å². The quantitative estimate of drug-likeness (QED) is 0.871. The van der Waals surface area contributed by atoms with Crippen molar-refractivity contribution < 1.29 is 9.53 Å².